The number of nitrogens with zero attached hydrogens (tertiary/aromatic N) is 2. The highest BCUT2D eigenvalue weighted by atomic mass is 35.5. The molecule has 0 aliphatic heterocycles. The number of Topliss-reactive ketones (excluding diaryl/α,β-unsaturated/α-hetero) is 1. The minimum absolute atomic E-state index is 0.0623. The van der Waals surface area contributed by atoms with Crippen molar-refractivity contribution in [2.24, 2.45) is 0 Å². The van der Waals surface area contributed by atoms with Gasteiger partial charge in [-0.15, -0.1) is 0 Å². The second kappa shape index (κ2) is 7.19. The van der Waals surface area contributed by atoms with Crippen molar-refractivity contribution >= 4 is 28.3 Å². The van der Waals surface area contributed by atoms with E-state index in [0.29, 0.717) is 21.8 Å². The van der Waals surface area contributed by atoms with Crippen LogP contribution in [0, 0.1) is 0 Å². The summed E-state index contributed by atoms with van der Waals surface area (Å²) in [7, 11) is 0. The van der Waals surface area contributed by atoms with Crippen molar-refractivity contribution in [1.29, 1.82) is 0 Å². The van der Waals surface area contributed by atoms with Crippen molar-refractivity contribution in [2.75, 3.05) is 6.61 Å². The first-order chi connectivity index (χ1) is 12.4. The van der Waals surface area contributed by atoms with Gasteiger partial charge in [-0.25, -0.2) is 0 Å². The highest BCUT2D eigenvalue weighted by molar-refractivity contribution is 6.35. The lowest BCUT2D eigenvalue weighted by atomic mass is 9.95. The molecule has 0 saturated carbocycles. The summed E-state index contributed by atoms with van der Waals surface area (Å²) in [6, 6.07) is 8.52. The number of halogens is 1. The van der Waals surface area contributed by atoms with E-state index in [1.54, 1.807) is 30.5 Å². The van der Waals surface area contributed by atoms with Crippen LogP contribution in [0.1, 0.15) is 35.5 Å². The van der Waals surface area contributed by atoms with E-state index in [1.807, 2.05) is 23.8 Å². The molecule has 26 heavy (non-hydrogen) atoms. The van der Waals surface area contributed by atoms with Crippen molar-refractivity contribution < 1.29 is 15.0 Å². The fourth-order valence-electron chi connectivity index (χ4n) is 2.92. The lowest BCUT2D eigenvalue weighted by molar-refractivity contribution is -0.00229. The van der Waals surface area contributed by atoms with Crippen LogP contribution in [0.15, 0.2) is 42.7 Å². The van der Waals surface area contributed by atoms with Gasteiger partial charge < -0.3 is 14.8 Å². The standard InChI is InChI=1S/C20H21ClN2O3/c1-3-23-11-17(21)16-10-22-15(8-18(16)23)9-19(25)13-4-6-14(7-5-13)20(2,26)12-24/h4-8,10-11,24,26H,3,9,12H2,1-2H3/t20-/m1/s1. The first-order valence-corrected chi connectivity index (χ1v) is 8.83. The Hall–Kier alpha value is -2.21. The molecule has 136 valence electrons. The van der Waals surface area contributed by atoms with Gasteiger partial charge in [-0.05, 0) is 25.5 Å². The summed E-state index contributed by atoms with van der Waals surface area (Å²) in [4.78, 5) is 16.9. The van der Waals surface area contributed by atoms with Gasteiger partial charge in [-0.1, -0.05) is 35.9 Å². The molecule has 0 saturated heterocycles. The Morgan fingerprint density at radius 1 is 1.31 bits per heavy atom. The molecule has 1 atom stereocenters. The number of fused-ring (bicyclic) bond motifs is 1. The van der Waals surface area contributed by atoms with Crippen LogP contribution in [-0.4, -0.2) is 32.2 Å². The zero-order chi connectivity index (χ0) is 18.9. The van der Waals surface area contributed by atoms with E-state index in [4.69, 9.17) is 11.6 Å². The smallest absolute Gasteiger partial charge is 0.168 e. The van der Waals surface area contributed by atoms with Gasteiger partial charge in [0, 0.05) is 29.9 Å². The fraction of sp³-hybridized carbons (Fsp3) is 0.300. The average molecular weight is 373 g/mol. The molecule has 2 aromatic heterocycles. The van der Waals surface area contributed by atoms with Gasteiger partial charge in [0.2, 0.25) is 0 Å². The van der Waals surface area contributed by atoms with E-state index in [9.17, 15) is 15.0 Å². The fourth-order valence-corrected chi connectivity index (χ4v) is 3.18. The summed E-state index contributed by atoms with van der Waals surface area (Å²) in [5, 5.41) is 20.8. The minimum Gasteiger partial charge on any atom is -0.393 e. The third kappa shape index (κ3) is 3.51. The molecule has 0 spiro atoms. The molecule has 0 amide bonds. The number of hydrogen-bond donors (Lipinski definition) is 2. The highest BCUT2D eigenvalue weighted by Gasteiger charge is 2.22. The summed E-state index contributed by atoms with van der Waals surface area (Å²) in [5.74, 6) is -0.0623. The Bertz CT molecular complexity index is 946. The summed E-state index contributed by atoms with van der Waals surface area (Å²) in [6.07, 6.45) is 3.75. The quantitative estimate of drug-likeness (QED) is 0.651. The predicted octanol–water partition coefficient (Wildman–Crippen LogP) is 3.33. The van der Waals surface area contributed by atoms with Crippen molar-refractivity contribution in [1.82, 2.24) is 9.55 Å². The van der Waals surface area contributed by atoms with Crippen LogP contribution in [0.25, 0.3) is 10.9 Å². The van der Waals surface area contributed by atoms with Gasteiger partial charge in [0.15, 0.2) is 5.78 Å². The van der Waals surface area contributed by atoms with Crippen LogP contribution >= 0.6 is 11.6 Å². The Labute approximate surface area is 156 Å². The second-order valence-corrected chi connectivity index (χ2v) is 6.97. The Morgan fingerprint density at radius 2 is 2.00 bits per heavy atom. The third-order valence-corrected chi connectivity index (χ3v) is 4.89. The molecule has 6 heteroatoms. The van der Waals surface area contributed by atoms with E-state index in [2.05, 4.69) is 4.98 Å². The van der Waals surface area contributed by atoms with Gasteiger partial charge in [0.1, 0.15) is 5.60 Å². The topological polar surface area (TPSA) is 75.4 Å². The van der Waals surface area contributed by atoms with E-state index in [1.165, 1.54) is 6.92 Å². The first kappa shape index (κ1) is 18.6. The van der Waals surface area contributed by atoms with Crippen LogP contribution in [0.5, 0.6) is 0 Å². The second-order valence-electron chi connectivity index (χ2n) is 6.57. The molecule has 5 nitrogen and oxygen atoms in total. The molecule has 1 aromatic carbocycles. The van der Waals surface area contributed by atoms with E-state index < -0.39 is 5.60 Å². The number of hydrogen-bond acceptors (Lipinski definition) is 4. The number of carbonyl (C=O) groups excluding carboxylic acids is 1. The van der Waals surface area contributed by atoms with Crippen molar-refractivity contribution in [3.8, 4) is 0 Å². The number of aryl methyl sites for hydroxylation is 1. The number of aliphatic hydroxyl groups is 2. The van der Waals surface area contributed by atoms with Crippen molar-refractivity contribution in [3.05, 3.63) is 64.6 Å². The van der Waals surface area contributed by atoms with Crippen LogP contribution < -0.4 is 0 Å². The molecule has 2 N–H and O–H groups in total. The molecule has 0 aliphatic carbocycles. The maximum atomic E-state index is 12.6. The zero-order valence-electron chi connectivity index (χ0n) is 14.7. The Balaban J connectivity index is 1.82. The van der Waals surface area contributed by atoms with Gasteiger partial charge in [-0.3, -0.25) is 9.78 Å². The van der Waals surface area contributed by atoms with E-state index >= 15 is 0 Å². The van der Waals surface area contributed by atoms with Gasteiger partial charge >= 0.3 is 0 Å². The largest absolute Gasteiger partial charge is 0.393 e. The van der Waals surface area contributed by atoms with E-state index in [-0.39, 0.29) is 18.8 Å². The SMILES string of the molecule is CCn1cc(Cl)c2cnc(CC(=O)c3ccc([C@](C)(O)CO)cc3)cc21. The van der Waals surface area contributed by atoms with Crippen molar-refractivity contribution in [2.45, 2.75) is 32.4 Å². The van der Waals surface area contributed by atoms with E-state index in [0.717, 1.165) is 17.4 Å². The lowest BCUT2D eigenvalue weighted by Gasteiger charge is -2.20. The Kier molecular flexibility index (Phi) is 5.14. The van der Waals surface area contributed by atoms with Crippen LogP contribution in [-0.2, 0) is 18.6 Å². The maximum Gasteiger partial charge on any atom is 0.168 e. The van der Waals surface area contributed by atoms with Gasteiger partial charge in [0.25, 0.3) is 0 Å². The number of benzene rings is 1. The molecule has 2 heterocycles. The van der Waals surface area contributed by atoms with Crippen molar-refractivity contribution in [3.63, 3.8) is 0 Å². The normalized spacial score (nSPS) is 13.7. The number of carbonyl (C=O) groups is 1. The monoisotopic (exact) mass is 372 g/mol. The van der Waals surface area contributed by atoms with Gasteiger partial charge in [-0.2, -0.15) is 0 Å². The number of aliphatic hydroxyl groups excluding tert-OH is 1. The summed E-state index contributed by atoms with van der Waals surface area (Å²) >= 11 is 6.21. The molecular formula is C20H21ClN2O3. The third-order valence-electron chi connectivity index (χ3n) is 4.59. The molecular weight excluding hydrogens is 352 g/mol. The number of ketones is 1. The molecule has 0 unspecified atom stereocenters. The molecule has 3 rings (SSSR count). The number of aromatic nitrogens is 2. The minimum atomic E-state index is -1.32. The van der Waals surface area contributed by atoms with Crippen LogP contribution in [0.2, 0.25) is 5.02 Å². The summed E-state index contributed by atoms with van der Waals surface area (Å²) < 4.78 is 2.03. The molecule has 0 bridgehead atoms. The lowest BCUT2D eigenvalue weighted by Crippen LogP contribution is -2.25. The van der Waals surface area contributed by atoms with Crippen LogP contribution in [0.3, 0.4) is 0 Å². The average Bonchev–Trinajstić information content (AvgIpc) is 2.97. The van der Waals surface area contributed by atoms with Gasteiger partial charge in [0.05, 0.1) is 29.3 Å². The summed E-state index contributed by atoms with van der Waals surface area (Å²) in [6.45, 7) is 3.96. The maximum absolute atomic E-state index is 12.6. The highest BCUT2D eigenvalue weighted by Crippen LogP contribution is 2.26. The predicted molar refractivity (Wildman–Crippen MR) is 102 cm³/mol. The first-order valence-electron chi connectivity index (χ1n) is 8.46. The molecule has 0 fully saturated rings. The number of pyridine rings is 1. The molecule has 3 aromatic rings. The molecule has 0 aliphatic rings. The zero-order valence-corrected chi connectivity index (χ0v) is 15.5. The summed E-state index contributed by atoms with van der Waals surface area (Å²) in [5.41, 5.74) is 1.42. The number of rotatable bonds is 6. The Morgan fingerprint density at radius 3 is 2.62 bits per heavy atom. The van der Waals surface area contributed by atoms with Crippen LogP contribution in [0.4, 0.5) is 0 Å². The molecule has 0 radical (unpaired) electrons.